The Morgan fingerprint density at radius 1 is 1.37 bits per heavy atom. The zero-order valence-corrected chi connectivity index (χ0v) is 11.7. The number of benzene rings is 1. The number of rotatable bonds is 2. The molecule has 2 aliphatic heterocycles. The Hall–Kier alpha value is -0.770. The lowest BCUT2D eigenvalue weighted by Crippen LogP contribution is -2.33. The van der Waals surface area contributed by atoms with Crippen LogP contribution in [0.1, 0.15) is 36.5 Å². The number of hydrogen-bond donors (Lipinski definition) is 2. The number of fused-ring (bicyclic) bond motifs is 1. The fourth-order valence-electron chi connectivity index (χ4n) is 3.09. The molecular formula is C15H20ClNO2. The molecule has 2 atom stereocenters. The lowest BCUT2D eigenvalue weighted by molar-refractivity contribution is 0.0881. The van der Waals surface area contributed by atoms with Crippen LogP contribution in [0.2, 0.25) is 5.02 Å². The van der Waals surface area contributed by atoms with E-state index in [1.54, 1.807) is 0 Å². The van der Waals surface area contributed by atoms with Gasteiger partial charge in [-0.2, -0.15) is 0 Å². The molecule has 0 radical (unpaired) electrons. The third kappa shape index (κ3) is 2.73. The maximum atomic E-state index is 10.6. The number of aryl methyl sites for hydroxylation is 1. The van der Waals surface area contributed by atoms with Crippen molar-refractivity contribution in [3.8, 4) is 5.75 Å². The molecule has 0 saturated carbocycles. The van der Waals surface area contributed by atoms with Gasteiger partial charge >= 0.3 is 0 Å². The summed E-state index contributed by atoms with van der Waals surface area (Å²) in [5.41, 5.74) is 2.01. The van der Waals surface area contributed by atoms with Gasteiger partial charge in [-0.05, 0) is 49.9 Å². The summed E-state index contributed by atoms with van der Waals surface area (Å²) in [5.74, 6) is 1.12. The summed E-state index contributed by atoms with van der Waals surface area (Å²) in [5, 5.41) is 14.7. The molecule has 0 bridgehead atoms. The fraction of sp³-hybridized carbons (Fsp3) is 0.600. The summed E-state index contributed by atoms with van der Waals surface area (Å²) in [7, 11) is 0. The number of piperidine rings is 1. The van der Waals surface area contributed by atoms with Gasteiger partial charge in [0.15, 0.2) is 0 Å². The van der Waals surface area contributed by atoms with E-state index in [4.69, 9.17) is 16.3 Å². The van der Waals surface area contributed by atoms with E-state index in [9.17, 15) is 5.11 Å². The van der Waals surface area contributed by atoms with E-state index in [0.29, 0.717) is 5.02 Å². The van der Waals surface area contributed by atoms with Gasteiger partial charge in [0.2, 0.25) is 0 Å². The molecule has 1 fully saturated rings. The van der Waals surface area contributed by atoms with Crippen LogP contribution < -0.4 is 10.1 Å². The predicted octanol–water partition coefficient (Wildman–Crippen LogP) is 2.70. The summed E-state index contributed by atoms with van der Waals surface area (Å²) in [4.78, 5) is 0. The van der Waals surface area contributed by atoms with Crippen LogP contribution in [0.25, 0.3) is 0 Å². The van der Waals surface area contributed by atoms with Crippen molar-refractivity contribution in [2.24, 2.45) is 5.92 Å². The largest absolute Gasteiger partial charge is 0.493 e. The van der Waals surface area contributed by atoms with Crippen LogP contribution in [0.4, 0.5) is 0 Å². The van der Waals surface area contributed by atoms with Gasteiger partial charge in [-0.25, -0.2) is 0 Å². The Kier molecular flexibility index (Phi) is 3.96. The van der Waals surface area contributed by atoms with Gasteiger partial charge in [0.25, 0.3) is 0 Å². The second-order valence-electron chi connectivity index (χ2n) is 5.49. The molecule has 1 saturated heterocycles. The van der Waals surface area contributed by atoms with Crippen LogP contribution in [0.5, 0.6) is 5.75 Å². The molecule has 3 rings (SSSR count). The quantitative estimate of drug-likeness (QED) is 0.876. The molecule has 2 aliphatic rings. The Morgan fingerprint density at radius 2 is 2.26 bits per heavy atom. The lowest BCUT2D eigenvalue weighted by atomic mass is 9.87. The SMILES string of the molecule is OC(c1cc(Cl)cc2c1OCCC2)C1CCCNC1. The highest BCUT2D eigenvalue weighted by Gasteiger charge is 2.28. The van der Waals surface area contributed by atoms with Crippen molar-refractivity contribution in [1.29, 1.82) is 0 Å². The van der Waals surface area contributed by atoms with Gasteiger partial charge in [0.05, 0.1) is 12.7 Å². The predicted molar refractivity (Wildman–Crippen MR) is 75.8 cm³/mol. The minimum absolute atomic E-state index is 0.252. The van der Waals surface area contributed by atoms with Gasteiger partial charge in [-0.3, -0.25) is 0 Å². The first-order valence-corrected chi connectivity index (χ1v) is 7.47. The molecule has 1 aromatic carbocycles. The molecule has 0 aliphatic carbocycles. The van der Waals surface area contributed by atoms with Gasteiger partial charge in [-0.1, -0.05) is 11.6 Å². The van der Waals surface area contributed by atoms with Crippen LogP contribution in [0.15, 0.2) is 12.1 Å². The Morgan fingerprint density at radius 3 is 3.05 bits per heavy atom. The third-order valence-corrected chi connectivity index (χ3v) is 4.31. The van der Waals surface area contributed by atoms with E-state index in [1.165, 1.54) is 0 Å². The summed E-state index contributed by atoms with van der Waals surface area (Å²) in [6, 6.07) is 3.83. The average Bonchev–Trinajstić information content (AvgIpc) is 2.46. The minimum atomic E-state index is -0.488. The number of ether oxygens (including phenoxy) is 1. The Bertz CT molecular complexity index is 458. The third-order valence-electron chi connectivity index (χ3n) is 4.10. The number of halogens is 1. The van der Waals surface area contributed by atoms with Gasteiger partial charge in [0.1, 0.15) is 5.75 Å². The first-order valence-electron chi connectivity index (χ1n) is 7.09. The average molecular weight is 282 g/mol. The van der Waals surface area contributed by atoms with Crippen molar-refractivity contribution in [2.45, 2.75) is 31.8 Å². The molecule has 0 amide bonds. The zero-order chi connectivity index (χ0) is 13.2. The summed E-state index contributed by atoms with van der Waals surface area (Å²) >= 11 is 6.18. The standard InChI is InChI=1S/C15H20ClNO2/c16-12-7-10-4-2-6-19-15(10)13(8-12)14(18)11-3-1-5-17-9-11/h7-8,11,14,17-18H,1-6,9H2. The van der Waals surface area contributed by atoms with Crippen molar-refractivity contribution in [1.82, 2.24) is 5.32 Å². The van der Waals surface area contributed by atoms with Crippen molar-refractivity contribution in [3.63, 3.8) is 0 Å². The van der Waals surface area contributed by atoms with E-state index in [-0.39, 0.29) is 5.92 Å². The minimum Gasteiger partial charge on any atom is -0.493 e. The topological polar surface area (TPSA) is 41.5 Å². The first-order chi connectivity index (χ1) is 9.25. The van der Waals surface area contributed by atoms with Crippen LogP contribution >= 0.6 is 11.6 Å². The molecule has 0 aromatic heterocycles. The highest BCUT2D eigenvalue weighted by atomic mass is 35.5. The molecule has 104 valence electrons. The maximum absolute atomic E-state index is 10.6. The molecule has 2 unspecified atom stereocenters. The highest BCUT2D eigenvalue weighted by Crippen LogP contribution is 2.39. The Labute approximate surface area is 118 Å². The van der Waals surface area contributed by atoms with E-state index in [0.717, 1.165) is 62.3 Å². The molecule has 1 aromatic rings. The summed E-state index contributed by atoms with van der Waals surface area (Å²) in [6.07, 6.45) is 3.69. The molecule has 2 heterocycles. The summed E-state index contributed by atoms with van der Waals surface area (Å²) < 4.78 is 5.78. The normalized spacial score (nSPS) is 24.4. The van der Waals surface area contributed by atoms with Crippen molar-refractivity contribution in [2.75, 3.05) is 19.7 Å². The van der Waals surface area contributed by atoms with E-state index in [2.05, 4.69) is 5.32 Å². The molecule has 3 nitrogen and oxygen atoms in total. The van der Waals surface area contributed by atoms with E-state index >= 15 is 0 Å². The molecule has 4 heteroatoms. The van der Waals surface area contributed by atoms with Crippen molar-refractivity contribution in [3.05, 3.63) is 28.3 Å². The number of nitrogens with one attached hydrogen (secondary N) is 1. The summed E-state index contributed by atoms with van der Waals surface area (Å²) in [6.45, 7) is 2.65. The van der Waals surface area contributed by atoms with Gasteiger partial charge in [-0.15, -0.1) is 0 Å². The second kappa shape index (κ2) is 5.70. The van der Waals surface area contributed by atoms with Crippen LogP contribution in [0, 0.1) is 5.92 Å². The van der Waals surface area contributed by atoms with Crippen LogP contribution in [-0.4, -0.2) is 24.8 Å². The van der Waals surface area contributed by atoms with Gasteiger partial charge in [0, 0.05) is 23.0 Å². The molecular weight excluding hydrogens is 262 g/mol. The number of hydrogen-bond acceptors (Lipinski definition) is 3. The Balaban J connectivity index is 1.92. The highest BCUT2D eigenvalue weighted by molar-refractivity contribution is 6.30. The second-order valence-corrected chi connectivity index (χ2v) is 5.92. The molecule has 0 spiro atoms. The van der Waals surface area contributed by atoms with Crippen molar-refractivity contribution < 1.29 is 9.84 Å². The number of aliphatic hydroxyl groups is 1. The molecule has 19 heavy (non-hydrogen) atoms. The maximum Gasteiger partial charge on any atom is 0.128 e. The van der Waals surface area contributed by atoms with E-state index in [1.807, 2.05) is 12.1 Å². The first kappa shape index (κ1) is 13.2. The van der Waals surface area contributed by atoms with Gasteiger partial charge < -0.3 is 15.2 Å². The lowest BCUT2D eigenvalue weighted by Gasteiger charge is -2.30. The van der Waals surface area contributed by atoms with Crippen LogP contribution in [-0.2, 0) is 6.42 Å². The van der Waals surface area contributed by atoms with E-state index < -0.39 is 6.10 Å². The zero-order valence-electron chi connectivity index (χ0n) is 11.0. The fourth-order valence-corrected chi connectivity index (χ4v) is 3.34. The smallest absolute Gasteiger partial charge is 0.128 e. The van der Waals surface area contributed by atoms with Crippen LogP contribution in [0.3, 0.4) is 0 Å². The monoisotopic (exact) mass is 281 g/mol. The number of aliphatic hydroxyl groups excluding tert-OH is 1. The molecule has 2 N–H and O–H groups in total. The van der Waals surface area contributed by atoms with Crippen molar-refractivity contribution >= 4 is 11.6 Å².